The van der Waals surface area contributed by atoms with Crippen molar-refractivity contribution in [3.8, 4) is 0 Å². The van der Waals surface area contributed by atoms with Gasteiger partial charge in [-0.3, -0.25) is 0 Å². The van der Waals surface area contributed by atoms with Crippen LogP contribution in [0.1, 0.15) is 5.82 Å². The number of halogens is 1. The molecule has 2 amide bonds. The summed E-state index contributed by atoms with van der Waals surface area (Å²) in [7, 11) is 0. The zero-order valence-electron chi connectivity index (χ0n) is 11.1. The van der Waals surface area contributed by atoms with Gasteiger partial charge in [-0.2, -0.15) is 0 Å². The molecule has 0 radical (unpaired) electrons. The number of amides is 2. The minimum atomic E-state index is -0.308. The normalized spacial score (nSPS) is 10.5. The number of nitrogens with zero attached hydrogens (tertiary/aromatic N) is 1. The maximum absolute atomic E-state index is 11.8. The number of aromatic nitrogens is 2. The van der Waals surface area contributed by atoms with E-state index in [1.807, 2.05) is 24.3 Å². The maximum Gasteiger partial charge on any atom is 0.319 e. The highest BCUT2D eigenvalue weighted by Crippen LogP contribution is 2.14. The second-order valence-electron chi connectivity index (χ2n) is 4.52. The van der Waals surface area contributed by atoms with Gasteiger partial charge in [0.05, 0.1) is 17.6 Å². The number of para-hydroxylation sites is 2. The van der Waals surface area contributed by atoms with Crippen molar-refractivity contribution in [3.63, 3.8) is 0 Å². The number of H-pyrrole nitrogens is 1. The van der Waals surface area contributed by atoms with E-state index >= 15 is 0 Å². The topological polar surface area (TPSA) is 69.8 Å². The number of carbonyl (C=O) groups is 1. The van der Waals surface area contributed by atoms with Crippen molar-refractivity contribution in [2.75, 3.05) is 5.32 Å². The molecular weight excluding hydrogens is 288 g/mol. The molecule has 2 aromatic carbocycles. The Bertz CT molecular complexity index is 751. The summed E-state index contributed by atoms with van der Waals surface area (Å²) in [6.07, 6.45) is 0. The molecule has 0 saturated carbocycles. The van der Waals surface area contributed by atoms with E-state index in [2.05, 4.69) is 20.6 Å². The summed E-state index contributed by atoms with van der Waals surface area (Å²) < 4.78 is 0. The molecule has 0 aliphatic rings. The maximum atomic E-state index is 11.8. The van der Waals surface area contributed by atoms with Gasteiger partial charge in [0.15, 0.2) is 0 Å². The number of rotatable bonds is 3. The summed E-state index contributed by atoms with van der Waals surface area (Å²) in [5.41, 5.74) is 2.47. The third-order valence-corrected chi connectivity index (χ3v) is 3.17. The summed E-state index contributed by atoms with van der Waals surface area (Å²) >= 11 is 5.86. The van der Waals surface area contributed by atoms with Crippen molar-refractivity contribution in [2.45, 2.75) is 6.54 Å². The van der Waals surface area contributed by atoms with Gasteiger partial charge in [-0.1, -0.05) is 29.8 Å². The molecule has 0 saturated heterocycles. The quantitative estimate of drug-likeness (QED) is 0.692. The molecule has 1 aromatic heterocycles. The first-order valence-corrected chi connectivity index (χ1v) is 6.82. The number of imidazole rings is 1. The smallest absolute Gasteiger partial charge is 0.319 e. The lowest BCUT2D eigenvalue weighted by molar-refractivity contribution is 0.251. The van der Waals surface area contributed by atoms with Crippen LogP contribution in [0, 0.1) is 0 Å². The minimum Gasteiger partial charge on any atom is -0.340 e. The number of nitrogens with one attached hydrogen (secondary N) is 3. The molecule has 106 valence electrons. The van der Waals surface area contributed by atoms with E-state index in [1.165, 1.54) is 0 Å². The third kappa shape index (κ3) is 3.32. The number of fused-ring (bicyclic) bond motifs is 1. The van der Waals surface area contributed by atoms with Crippen LogP contribution in [0.25, 0.3) is 11.0 Å². The molecule has 0 unspecified atom stereocenters. The molecule has 6 heteroatoms. The van der Waals surface area contributed by atoms with Crippen LogP contribution in [0.3, 0.4) is 0 Å². The Hall–Kier alpha value is -2.53. The number of benzene rings is 2. The van der Waals surface area contributed by atoms with Gasteiger partial charge >= 0.3 is 6.03 Å². The Morgan fingerprint density at radius 3 is 2.86 bits per heavy atom. The van der Waals surface area contributed by atoms with Gasteiger partial charge in [0.25, 0.3) is 0 Å². The van der Waals surface area contributed by atoms with E-state index in [1.54, 1.807) is 24.3 Å². The molecule has 0 fully saturated rings. The van der Waals surface area contributed by atoms with Gasteiger partial charge in [0.2, 0.25) is 0 Å². The second kappa shape index (κ2) is 5.85. The number of hydrogen-bond acceptors (Lipinski definition) is 2. The number of hydrogen-bond donors (Lipinski definition) is 3. The number of aromatic amines is 1. The summed E-state index contributed by atoms with van der Waals surface area (Å²) in [5, 5.41) is 6.03. The van der Waals surface area contributed by atoms with E-state index in [9.17, 15) is 4.79 Å². The van der Waals surface area contributed by atoms with Gasteiger partial charge in [0, 0.05) is 10.7 Å². The lowest BCUT2D eigenvalue weighted by atomic mass is 10.3. The number of anilines is 1. The highest BCUT2D eigenvalue weighted by molar-refractivity contribution is 6.30. The summed E-state index contributed by atoms with van der Waals surface area (Å²) in [6.45, 7) is 0.321. The zero-order valence-corrected chi connectivity index (χ0v) is 11.8. The van der Waals surface area contributed by atoms with E-state index in [4.69, 9.17) is 11.6 Å². The van der Waals surface area contributed by atoms with E-state index in [0.717, 1.165) is 11.0 Å². The standard InChI is InChI=1S/C15H13ClN4O/c16-10-4-3-5-11(8-10)18-15(21)17-9-14-19-12-6-1-2-7-13(12)20-14/h1-8H,9H2,(H,19,20)(H2,17,18,21). The largest absolute Gasteiger partial charge is 0.340 e. The molecule has 0 bridgehead atoms. The Morgan fingerprint density at radius 2 is 2.05 bits per heavy atom. The molecule has 3 aromatic rings. The van der Waals surface area contributed by atoms with Crippen molar-refractivity contribution in [1.29, 1.82) is 0 Å². The Morgan fingerprint density at radius 1 is 1.19 bits per heavy atom. The molecule has 3 N–H and O–H groups in total. The van der Waals surface area contributed by atoms with Gasteiger partial charge in [-0.25, -0.2) is 9.78 Å². The van der Waals surface area contributed by atoms with Crippen LogP contribution in [0.15, 0.2) is 48.5 Å². The van der Waals surface area contributed by atoms with Gasteiger partial charge in [-0.15, -0.1) is 0 Å². The van der Waals surface area contributed by atoms with Gasteiger partial charge in [0.1, 0.15) is 5.82 Å². The van der Waals surface area contributed by atoms with E-state index < -0.39 is 0 Å². The van der Waals surface area contributed by atoms with Crippen molar-refractivity contribution in [2.24, 2.45) is 0 Å². The Kier molecular flexibility index (Phi) is 3.75. The summed E-state index contributed by atoms with van der Waals surface area (Å²) in [4.78, 5) is 19.3. The second-order valence-corrected chi connectivity index (χ2v) is 4.96. The van der Waals surface area contributed by atoms with Crippen LogP contribution in [-0.4, -0.2) is 16.0 Å². The first kappa shape index (κ1) is 13.5. The first-order valence-electron chi connectivity index (χ1n) is 6.45. The predicted octanol–water partition coefficient (Wildman–Crippen LogP) is 3.54. The van der Waals surface area contributed by atoms with Crippen molar-refractivity contribution >= 4 is 34.4 Å². The summed E-state index contributed by atoms with van der Waals surface area (Å²) in [5.74, 6) is 0.706. The fourth-order valence-corrected chi connectivity index (χ4v) is 2.19. The monoisotopic (exact) mass is 300 g/mol. The highest BCUT2D eigenvalue weighted by atomic mass is 35.5. The molecule has 0 aliphatic carbocycles. The van der Waals surface area contributed by atoms with Crippen LogP contribution in [0.4, 0.5) is 10.5 Å². The molecule has 5 nitrogen and oxygen atoms in total. The highest BCUT2D eigenvalue weighted by Gasteiger charge is 2.05. The minimum absolute atomic E-state index is 0.308. The zero-order chi connectivity index (χ0) is 14.7. The lowest BCUT2D eigenvalue weighted by Crippen LogP contribution is -2.28. The molecule has 0 atom stereocenters. The van der Waals surface area contributed by atoms with Gasteiger partial charge < -0.3 is 15.6 Å². The lowest BCUT2D eigenvalue weighted by Gasteiger charge is -2.06. The Labute approximate surface area is 126 Å². The number of carbonyl (C=O) groups excluding carboxylic acids is 1. The van der Waals surface area contributed by atoms with Crippen LogP contribution in [0.2, 0.25) is 5.02 Å². The fraction of sp³-hybridized carbons (Fsp3) is 0.0667. The SMILES string of the molecule is O=C(NCc1nc2ccccc2[nH]1)Nc1cccc(Cl)c1. The molecule has 3 rings (SSSR count). The average molecular weight is 301 g/mol. The van der Waals surface area contributed by atoms with Crippen molar-refractivity contribution < 1.29 is 4.79 Å². The number of urea groups is 1. The summed E-state index contributed by atoms with van der Waals surface area (Å²) in [6, 6.07) is 14.4. The fourth-order valence-electron chi connectivity index (χ4n) is 1.99. The first-order chi connectivity index (χ1) is 10.2. The van der Waals surface area contributed by atoms with E-state index in [0.29, 0.717) is 23.1 Å². The average Bonchev–Trinajstić information content (AvgIpc) is 2.88. The van der Waals surface area contributed by atoms with Crippen LogP contribution in [-0.2, 0) is 6.54 Å². The Balaban J connectivity index is 1.60. The van der Waals surface area contributed by atoms with Crippen LogP contribution < -0.4 is 10.6 Å². The van der Waals surface area contributed by atoms with Crippen LogP contribution >= 0.6 is 11.6 Å². The van der Waals surface area contributed by atoms with E-state index in [-0.39, 0.29) is 6.03 Å². The molecule has 1 heterocycles. The third-order valence-electron chi connectivity index (χ3n) is 2.94. The van der Waals surface area contributed by atoms with Gasteiger partial charge in [-0.05, 0) is 30.3 Å². The predicted molar refractivity (Wildman–Crippen MR) is 83.4 cm³/mol. The molecule has 21 heavy (non-hydrogen) atoms. The van der Waals surface area contributed by atoms with Crippen molar-refractivity contribution in [1.82, 2.24) is 15.3 Å². The molecular formula is C15H13ClN4O. The molecule has 0 aliphatic heterocycles. The van der Waals surface area contributed by atoms with Crippen molar-refractivity contribution in [3.05, 3.63) is 59.4 Å². The molecule has 0 spiro atoms. The van der Waals surface area contributed by atoms with Crippen LogP contribution in [0.5, 0.6) is 0 Å².